The molecule has 0 aliphatic heterocycles. The van der Waals surface area contributed by atoms with Crippen molar-refractivity contribution in [3.05, 3.63) is 24.3 Å². The highest BCUT2D eigenvalue weighted by Crippen LogP contribution is 2.35. The summed E-state index contributed by atoms with van der Waals surface area (Å²) in [6.45, 7) is 11.4. The molecule has 0 aliphatic rings. The lowest BCUT2D eigenvalue weighted by molar-refractivity contribution is 0.730. The standard InChI is InChI=1S/C14H19N3Si/c1-14(2,3)18(4,5)11-10-17-13-9-7-6-8-12(13)15-16-17/h6-9H,1-5H3. The molecule has 0 aliphatic carbocycles. The Morgan fingerprint density at radius 2 is 1.83 bits per heavy atom. The summed E-state index contributed by atoms with van der Waals surface area (Å²) in [6.07, 6.45) is 0. The minimum Gasteiger partial charge on any atom is -0.169 e. The number of benzene rings is 1. The lowest BCUT2D eigenvalue weighted by Gasteiger charge is -2.31. The summed E-state index contributed by atoms with van der Waals surface area (Å²) in [5.41, 5.74) is 5.31. The maximum Gasteiger partial charge on any atom is 0.140 e. The van der Waals surface area contributed by atoms with Crippen molar-refractivity contribution in [2.45, 2.75) is 38.9 Å². The quantitative estimate of drug-likeness (QED) is 0.535. The zero-order valence-electron chi connectivity index (χ0n) is 11.7. The fourth-order valence-corrected chi connectivity index (χ4v) is 2.09. The van der Waals surface area contributed by atoms with Crippen LogP contribution in [0.25, 0.3) is 11.0 Å². The fourth-order valence-electron chi connectivity index (χ4n) is 1.33. The molecule has 0 radical (unpaired) electrons. The maximum absolute atomic E-state index is 4.11. The molecule has 94 valence electrons. The van der Waals surface area contributed by atoms with Gasteiger partial charge in [0, 0.05) is 6.04 Å². The predicted octanol–water partition coefficient (Wildman–Crippen LogP) is 3.29. The van der Waals surface area contributed by atoms with Crippen LogP contribution in [0.4, 0.5) is 0 Å². The number of nitrogens with zero attached hydrogens (tertiary/aromatic N) is 3. The molecule has 0 N–H and O–H groups in total. The number of fused-ring (bicyclic) bond motifs is 1. The largest absolute Gasteiger partial charge is 0.169 e. The van der Waals surface area contributed by atoms with Crippen molar-refractivity contribution < 1.29 is 0 Å². The van der Waals surface area contributed by atoms with Crippen LogP contribution in [0.15, 0.2) is 24.3 Å². The molecule has 0 atom stereocenters. The van der Waals surface area contributed by atoms with Crippen LogP contribution in [0.3, 0.4) is 0 Å². The third-order valence-electron chi connectivity index (χ3n) is 3.70. The molecule has 1 heterocycles. The Kier molecular flexibility index (Phi) is 3.03. The SMILES string of the molecule is CC(C)(C)[Si](C)(C)C#Cn1nnc2ccccc21. The van der Waals surface area contributed by atoms with Crippen molar-refractivity contribution in [3.8, 4) is 11.6 Å². The van der Waals surface area contributed by atoms with Crippen LogP contribution >= 0.6 is 0 Å². The molecule has 1 aromatic carbocycles. The minimum atomic E-state index is -1.60. The van der Waals surface area contributed by atoms with Crippen molar-refractivity contribution in [2.75, 3.05) is 0 Å². The molecule has 4 heteroatoms. The summed E-state index contributed by atoms with van der Waals surface area (Å²) in [5.74, 6) is 0. The third kappa shape index (κ3) is 2.32. The zero-order chi connectivity index (χ0) is 13.4. The summed E-state index contributed by atoms with van der Waals surface area (Å²) in [4.78, 5) is 0. The number of para-hydroxylation sites is 1. The van der Waals surface area contributed by atoms with E-state index < -0.39 is 8.07 Å². The van der Waals surface area contributed by atoms with Crippen molar-refractivity contribution >= 4 is 19.1 Å². The number of hydrogen-bond donors (Lipinski definition) is 0. The molecule has 3 nitrogen and oxygen atoms in total. The van der Waals surface area contributed by atoms with Crippen LogP contribution in [0, 0.1) is 11.6 Å². The van der Waals surface area contributed by atoms with E-state index in [0.29, 0.717) is 0 Å². The van der Waals surface area contributed by atoms with E-state index in [1.54, 1.807) is 4.68 Å². The minimum absolute atomic E-state index is 0.260. The molecule has 0 fully saturated rings. The third-order valence-corrected chi connectivity index (χ3v) is 8.19. The number of aromatic nitrogens is 3. The topological polar surface area (TPSA) is 30.7 Å². The molecule has 0 bridgehead atoms. The van der Waals surface area contributed by atoms with Crippen molar-refractivity contribution in [3.63, 3.8) is 0 Å². The van der Waals surface area contributed by atoms with Crippen LogP contribution in [-0.4, -0.2) is 23.1 Å². The lowest BCUT2D eigenvalue weighted by Crippen LogP contribution is -2.35. The molecule has 0 saturated carbocycles. The number of rotatable bonds is 0. The molecular weight excluding hydrogens is 238 g/mol. The average molecular weight is 257 g/mol. The molecular formula is C14H19N3Si. The molecule has 0 spiro atoms. The van der Waals surface area contributed by atoms with Gasteiger partial charge in [-0.25, -0.2) is 0 Å². The van der Waals surface area contributed by atoms with Crippen molar-refractivity contribution in [1.82, 2.24) is 15.0 Å². The van der Waals surface area contributed by atoms with Crippen molar-refractivity contribution in [2.24, 2.45) is 0 Å². The molecule has 0 saturated heterocycles. The van der Waals surface area contributed by atoms with E-state index in [2.05, 4.69) is 55.8 Å². The first-order chi connectivity index (χ1) is 8.31. The van der Waals surface area contributed by atoms with Gasteiger partial charge in [0.2, 0.25) is 0 Å². The summed E-state index contributed by atoms with van der Waals surface area (Å²) >= 11 is 0. The van der Waals surface area contributed by atoms with Gasteiger partial charge >= 0.3 is 0 Å². The maximum atomic E-state index is 4.11. The zero-order valence-corrected chi connectivity index (χ0v) is 12.7. The van der Waals surface area contributed by atoms with Gasteiger partial charge < -0.3 is 0 Å². The fraction of sp³-hybridized carbons (Fsp3) is 0.429. The van der Waals surface area contributed by atoms with Gasteiger partial charge in [0.25, 0.3) is 0 Å². The monoisotopic (exact) mass is 257 g/mol. The Balaban J connectivity index is 2.42. The second-order valence-corrected chi connectivity index (χ2v) is 11.1. The van der Waals surface area contributed by atoms with Gasteiger partial charge in [-0.15, -0.1) is 10.6 Å². The summed E-state index contributed by atoms with van der Waals surface area (Å²) < 4.78 is 1.69. The van der Waals surface area contributed by atoms with Gasteiger partial charge in [0.15, 0.2) is 0 Å². The van der Waals surface area contributed by atoms with Gasteiger partial charge in [-0.2, -0.15) is 4.68 Å². The predicted molar refractivity (Wildman–Crippen MR) is 77.9 cm³/mol. The Morgan fingerprint density at radius 1 is 1.17 bits per heavy atom. The van der Waals surface area contributed by atoms with Crippen LogP contribution < -0.4 is 0 Å². The van der Waals surface area contributed by atoms with Crippen LogP contribution in [0.2, 0.25) is 18.1 Å². The van der Waals surface area contributed by atoms with Gasteiger partial charge in [-0.05, 0) is 17.2 Å². The first-order valence-corrected chi connectivity index (χ1v) is 9.15. The van der Waals surface area contributed by atoms with Gasteiger partial charge in [0.1, 0.15) is 19.1 Å². The molecule has 2 rings (SSSR count). The highest BCUT2D eigenvalue weighted by molar-refractivity contribution is 6.87. The Bertz CT molecular complexity index is 624. The molecule has 2 aromatic rings. The van der Waals surface area contributed by atoms with E-state index in [4.69, 9.17) is 0 Å². The van der Waals surface area contributed by atoms with Gasteiger partial charge in [0.05, 0.1) is 0 Å². The summed E-state index contributed by atoms with van der Waals surface area (Å²) in [7, 11) is -1.60. The van der Waals surface area contributed by atoms with Gasteiger partial charge in [-0.1, -0.05) is 51.2 Å². The van der Waals surface area contributed by atoms with E-state index in [1.165, 1.54) is 0 Å². The molecule has 18 heavy (non-hydrogen) atoms. The highest BCUT2D eigenvalue weighted by Gasteiger charge is 2.33. The summed E-state index contributed by atoms with van der Waals surface area (Å²) in [6, 6.07) is 11.1. The first kappa shape index (κ1) is 12.8. The second-order valence-electron chi connectivity index (χ2n) is 6.10. The van der Waals surface area contributed by atoms with E-state index in [0.717, 1.165) is 11.0 Å². The van der Waals surface area contributed by atoms with E-state index >= 15 is 0 Å². The van der Waals surface area contributed by atoms with E-state index in [-0.39, 0.29) is 5.04 Å². The molecule has 0 amide bonds. The normalized spacial score (nSPS) is 12.3. The van der Waals surface area contributed by atoms with E-state index in [9.17, 15) is 0 Å². The Morgan fingerprint density at radius 3 is 2.50 bits per heavy atom. The Labute approximate surface area is 109 Å². The van der Waals surface area contributed by atoms with Crippen LogP contribution in [0.5, 0.6) is 0 Å². The van der Waals surface area contributed by atoms with Crippen LogP contribution in [-0.2, 0) is 0 Å². The molecule has 0 unspecified atom stereocenters. The van der Waals surface area contributed by atoms with E-state index in [1.807, 2.05) is 24.3 Å². The molecule has 1 aromatic heterocycles. The van der Waals surface area contributed by atoms with Crippen molar-refractivity contribution in [1.29, 1.82) is 0 Å². The Hall–Kier alpha value is -1.60. The second kappa shape index (κ2) is 4.25. The highest BCUT2D eigenvalue weighted by atomic mass is 28.3. The smallest absolute Gasteiger partial charge is 0.140 e. The average Bonchev–Trinajstić information content (AvgIpc) is 2.68. The van der Waals surface area contributed by atoms with Crippen LogP contribution in [0.1, 0.15) is 20.8 Å². The number of hydrogen-bond acceptors (Lipinski definition) is 2. The van der Waals surface area contributed by atoms with Gasteiger partial charge in [-0.3, -0.25) is 0 Å². The first-order valence-electron chi connectivity index (χ1n) is 6.15. The lowest BCUT2D eigenvalue weighted by atomic mass is 10.2. The summed E-state index contributed by atoms with van der Waals surface area (Å²) in [5, 5.41) is 8.46.